The minimum atomic E-state index is -4.56. The highest BCUT2D eigenvalue weighted by molar-refractivity contribution is 6.00. The van der Waals surface area contributed by atoms with E-state index in [1.807, 2.05) is 7.05 Å². The Morgan fingerprint density at radius 1 is 0.972 bits per heavy atom. The van der Waals surface area contributed by atoms with Crippen LogP contribution in [0, 0.1) is 0 Å². The molecule has 9 nitrogen and oxygen atoms in total. The van der Waals surface area contributed by atoms with Crippen LogP contribution in [0.5, 0.6) is 11.6 Å². The second kappa shape index (κ2) is 10.7. The number of rotatable bonds is 6. The smallest absolute Gasteiger partial charge is 0.418 e. The number of anilines is 4. The van der Waals surface area contributed by atoms with Gasteiger partial charge in [-0.15, -0.1) is 0 Å². The van der Waals surface area contributed by atoms with Gasteiger partial charge < -0.3 is 30.5 Å². The normalized spacial score (nSPS) is 14.3. The first-order valence-electron chi connectivity index (χ1n) is 11.2. The molecule has 0 radical (unpaired) electrons. The molecule has 1 aliphatic heterocycles. The molecule has 0 saturated carbocycles. The van der Waals surface area contributed by atoms with Crippen LogP contribution in [0.25, 0.3) is 0 Å². The van der Waals surface area contributed by atoms with E-state index in [9.17, 15) is 18.0 Å². The lowest BCUT2D eigenvalue weighted by Crippen LogP contribution is -2.45. The van der Waals surface area contributed by atoms with Gasteiger partial charge in [-0.05, 0) is 49.5 Å². The quantitative estimate of drug-likeness (QED) is 0.450. The fourth-order valence-corrected chi connectivity index (χ4v) is 3.70. The zero-order chi connectivity index (χ0) is 25.7. The van der Waals surface area contributed by atoms with Crippen LogP contribution < -0.4 is 25.6 Å². The summed E-state index contributed by atoms with van der Waals surface area (Å²) in [4.78, 5) is 24.4. The van der Waals surface area contributed by atoms with Crippen molar-refractivity contribution in [3.63, 3.8) is 0 Å². The number of carbonyl (C=O) groups is 1. The predicted molar refractivity (Wildman–Crippen MR) is 132 cm³/mol. The SMILES string of the molecule is CNc1nccc(Oc2ccc(NC(=O)Nc3ccc(N4CCN(C)CC4)c(C(F)(F)F)c3)cc2)n1. The van der Waals surface area contributed by atoms with E-state index in [0.717, 1.165) is 6.07 Å². The number of nitrogens with zero attached hydrogens (tertiary/aromatic N) is 4. The molecule has 1 aliphatic rings. The van der Waals surface area contributed by atoms with E-state index in [2.05, 4.69) is 30.8 Å². The number of carbonyl (C=O) groups excluding carboxylic acids is 1. The van der Waals surface area contributed by atoms with Gasteiger partial charge in [-0.3, -0.25) is 0 Å². The Hall–Kier alpha value is -4.06. The lowest BCUT2D eigenvalue weighted by atomic mass is 10.1. The number of nitrogens with one attached hydrogen (secondary N) is 3. The van der Waals surface area contributed by atoms with Gasteiger partial charge in [0, 0.05) is 62.6 Å². The lowest BCUT2D eigenvalue weighted by Gasteiger charge is -2.35. The second-order valence-electron chi connectivity index (χ2n) is 8.19. The van der Waals surface area contributed by atoms with Crippen molar-refractivity contribution >= 4 is 29.0 Å². The lowest BCUT2D eigenvalue weighted by molar-refractivity contribution is -0.137. The molecule has 190 valence electrons. The number of benzene rings is 2. The standard InChI is InChI=1S/C24H26F3N7O2/c1-28-22-29-10-9-21(32-22)36-18-6-3-16(4-7-18)30-23(35)31-17-5-8-20(19(15-17)24(25,26)27)34-13-11-33(2)12-14-34/h3-10,15H,11-14H2,1-2H3,(H,28,29,32)(H2,30,31,35). The third-order valence-corrected chi connectivity index (χ3v) is 5.59. The van der Waals surface area contributed by atoms with Crippen molar-refractivity contribution in [2.75, 3.05) is 61.1 Å². The van der Waals surface area contributed by atoms with Crippen LogP contribution in [0.2, 0.25) is 0 Å². The van der Waals surface area contributed by atoms with Crippen LogP contribution in [-0.2, 0) is 6.18 Å². The number of piperazine rings is 1. The number of alkyl halides is 3. The first-order valence-corrected chi connectivity index (χ1v) is 11.2. The molecule has 1 fully saturated rings. The number of likely N-dealkylation sites (N-methyl/N-ethyl adjacent to an activating group) is 1. The zero-order valence-electron chi connectivity index (χ0n) is 19.8. The highest BCUT2D eigenvalue weighted by atomic mass is 19.4. The number of halogens is 3. The van der Waals surface area contributed by atoms with E-state index >= 15 is 0 Å². The maximum Gasteiger partial charge on any atom is 0.418 e. The van der Waals surface area contributed by atoms with Crippen LogP contribution in [0.1, 0.15) is 5.56 Å². The largest absolute Gasteiger partial charge is 0.439 e. The average Bonchev–Trinajstić information content (AvgIpc) is 2.85. The molecule has 12 heteroatoms. The summed E-state index contributed by atoms with van der Waals surface area (Å²) in [7, 11) is 3.63. The molecular weight excluding hydrogens is 475 g/mol. The number of amides is 2. The van der Waals surface area contributed by atoms with Gasteiger partial charge in [-0.1, -0.05) is 0 Å². The van der Waals surface area contributed by atoms with Crippen molar-refractivity contribution in [1.29, 1.82) is 0 Å². The van der Waals surface area contributed by atoms with Crippen LogP contribution in [0.15, 0.2) is 54.7 Å². The van der Waals surface area contributed by atoms with E-state index in [0.29, 0.717) is 49.4 Å². The van der Waals surface area contributed by atoms with Gasteiger partial charge in [0.2, 0.25) is 11.8 Å². The summed E-state index contributed by atoms with van der Waals surface area (Å²) >= 11 is 0. The van der Waals surface area contributed by atoms with E-state index in [1.54, 1.807) is 48.5 Å². The maximum absolute atomic E-state index is 13.8. The summed E-state index contributed by atoms with van der Waals surface area (Å²) < 4.78 is 47.0. The molecule has 0 bridgehead atoms. The molecular formula is C24H26F3N7O2. The number of urea groups is 1. The number of aromatic nitrogens is 2. The van der Waals surface area contributed by atoms with Gasteiger partial charge in [0.15, 0.2) is 0 Å². The van der Waals surface area contributed by atoms with Crippen LogP contribution in [0.4, 0.5) is 41.0 Å². The molecule has 0 aliphatic carbocycles. The number of hydrogen-bond donors (Lipinski definition) is 3. The van der Waals surface area contributed by atoms with E-state index in [1.165, 1.54) is 12.1 Å². The van der Waals surface area contributed by atoms with Crippen molar-refractivity contribution in [3.05, 3.63) is 60.3 Å². The Balaban J connectivity index is 1.40. The van der Waals surface area contributed by atoms with Crippen LogP contribution in [0.3, 0.4) is 0 Å². The first kappa shape index (κ1) is 25.0. The third kappa shape index (κ3) is 6.33. The minimum absolute atomic E-state index is 0.0433. The summed E-state index contributed by atoms with van der Waals surface area (Å²) in [5.74, 6) is 1.23. The van der Waals surface area contributed by atoms with E-state index in [-0.39, 0.29) is 11.4 Å². The van der Waals surface area contributed by atoms with Crippen molar-refractivity contribution in [1.82, 2.24) is 14.9 Å². The van der Waals surface area contributed by atoms with E-state index < -0.39 is 17.8 Å². The fourth-order valence-electron chi connectivity index (χ4n) is 3.70. The van der Waals surface area contributed by atoms with Gasteiger partial charge in [0.05, 0.1) is 5.56 Å². The molecule has 1 saturated heterocycles. The van der Waals surface area contributed by atoms with Crippen molar-refractivity contribution in [2.45, 2.75) is 6.18 Å². The number of ether oxygens (including phenoxy) is 1. The molecule has 2 aromatic carbocycles. The van der Waals surface area contributed by atoms with Gasteiger partial charge in [0.1, 0.15) is 5.75 Å². The first-order chi connectivity index (χ1) is 17.2. The minimum Gasteiger partial charge on any atom is -0.439 e. The van der Waals surface area contributed by atoms with Crippen LogP contribution in [-0.4, -0.2) is 61.2 Å². The van der Waals surface area contributed by atoms with E-state index in [4.69, 9.17) is 4.74 Å². The number of hydrogen-bond acceptors (Lipinski definition) is 7. The summed E-state index contributed by atoms with van der Waals surface area (Å²) in [6.45, 7) is 2.36. The van der Waals surface area contributed by atoms with Crippen molar-refractivity contribution in [2.24, 2.45) is 0 Å². The average molecular weight is 502 g/mol. The summed E-state index contributed by atoms with van der Waals surface area (Å²) in [5.41, 5.74) is -0.189. The highest BCUT2D eigenvalue weighted by Gasteiger charge is 2.35. The molecule has 0 spiro atoms. The van der Waals surface area contributed by atoms with Gasteiger partial charge in [0.25, 0.3) is 0 Å². The Labute approximate surface area is 206 Å². The molecule has 4 rings (SSSR count). The molecule has 2 amide bonds. The molecule has 0 atom stereocenters. The fraction of sp³-hybridized carbons (Fsp3) is 0.292. The molecule has 3 N–H and O–H groups in total. The van der Waals surface area contributed by atoms with Gasteiger partial charge in [-0.2, -0.15) is 18.2 Å². The summed E-state index contributed by atoms with van der Waals surface area (Å²) in [5, 5.41) is 7.89. The maximum atomic E-state index is 13.8. The topological polar surface area (TPSA) is 94.6 Å². The van der Waals surface area contributed by atoms with Gasteiger partial charge >= 0.3 is 12.2 Å². The molecule has 0 unspecified atom stereocenters. The zero-order valence-corrected chi connectivity index (χ0v) is 19.8. The molecule has 1 aromatic heterocycles. The van der Waals surface area contributed by atoms with Gasteiger partial charge in [-0.25, -0.2) is 9.78 Å². The van der Waals surface area contributed by atoms with Crippen molar-refractivity contribution < 1.29 is 22.7 Å². The van der Waals surface area contributed by atoms with Crippen LogP contribution >= 0.6 is 0 Å². The monoisotopic (exact) mass is 501 g/mol. The predicted octanol–water partition coefficient (Wildman–Crippen LogP) is 4.73. The molecule has 36 heavy (non-hydrogen) atoms. The Bertz CT molecular complexity index is 1200. The Kier molecular flexibility index (Phi) is 7.44. The summed E-state index contributed by atoms with van der Waals surface area (Å²) in [6, 6.07) is 11.2. The Morgan fingerprint density at radius 2 is 1.64 bits per heavy atom. The Morgan fingerprint density at radius 3 is 2.31 bits per heavy atom. The van der Waals surface area contributed by atoms with Crippen molar-refractivity contribution in [3.8, 4) is 11.6 Å². The third-order valence-electron chi connectivity index (χ3n) is 5.59. The molecule has 2 heterocycles. The highest BCUT2D eigenvalue weighted by Crippen LogP contribution is 2.38. The summed E-state index contributed by atoms with van der Waals surface area (Å²) in [6.07, 6.45) is -3.00. The molecule has 3 aromatic rings. The second-order valence-corrected chi connectivity index (χ2v) is 8.19.